The Labute approximate surface area is 192 Å². The van der Waals surface area contributed by atoms with E-state index in [2.05, 4.69) is 27.1 Å². The highest BCUT2D eigenvalue weighted by atomic mass is 16.7. The van der Waals surface area contributed by atoms with Gasteiger partial charge in [-0.2, -0.15) is 0 Å². The number of nitrogens with zero attached hydrogens (tertiary/aromatic N) is 3. The molecule has 1 amide bonds. The zero-order valence-electron chi connectivity index (χ0n) is 18.5. The number of anilines is 1. The summed E-state index contributed by atoms with van der Waals surface area (Å²) in [5.41, 5.74) is 1.49. The quantitative estimate of drug-likeness (QED) is 0.608. The molecule has 0 atom stereocenters. The van der Waals surface area contributed by atoms with E-state index in [9.17, 15) is 4.79 Å². The average Bonchev–Trinajstić information content (AvgIpc) is 3.32. The fourth-order valence-electron chi connectivity index (χ4n) is 3.95. The molecule has 1 saturated heterocycles. The Morgan fingerprint density at radius 1 is 1.06 bits per heavy atom. The number of hydrogen-bond acceptors (Lipinski definition) is 7. The Hall–Kier alpha value is -3.81. The first-order valence-corrected chi connectivity index (χ1v) is 11.2. The van der Waals surface area contributed by atoms with Crippen LogP contribution in [-0.4, -0.2) is 35.8 Å². The molecule has 1 N–H and O–H groups in total. The van der Waals surface area contributed by atoms with Crippen molar-refractivity contribution in [3.05, 3.63) is 66.0 Å². The molecule has 0 bridgehead atoms. The van der Waals surface area contributed by atoms with Crippen LogP contribution in [0.25, 0.3) is 0 Å². The second kappa shape index (κ2) is 9.36. The number of amides is 1. The average molecular weight is 447 g/mol. The van der Waals surface area contributed by atoms with Crippen LogP contribution in [0.3, 0.4) is 0 Å². The number of aromatic nitrogens is 2. The molecule has 3 heterocycles. The first-order chi connectivity index (χ1) is 16.2. The summed E-state index contributed by atoms with van der Waals surface area (Å²) in [5, 5.41) is 2.93. The van der Waals surface area contributed by atoms with Gasteiger partial charge in [0.2, 0.25) is 6.79 Å². The van der Waals surface area contributed by atoms with Crippen molar-refractivity contribution in [1.82, 2.24) is 15.3 Å². The number of nitrogens with one attached hydrogen (secondary N) is 1. The van der Waals surface area contributed by atoms with E-state index in [1.807, 2.05) is 18.2 Å². The molecular weight excluding hydrogens is 420 g/mol. The molecule has 2 aliphatic heterocycles. The molecule has 1 fully saturated rings. The van der Waals surface area contributed by atoms with Gasteiger partial charge in [0.1, 0.15) is 5.75 Å². The maximum atomic E-state index is 12.6. The van der Waals surface area contributed by atoms with Gasteiger partial charge in [-0.05, 0) is 60.7 Å². The molecule has 1 aromatic heterocycles. The molecule has 170 valence electrons. The summed E-state index contributed by atoms with van der Waals surface area (Å²) in [6, 6.07) is 12.7. The third kappa shape index (κ3) is 4.84. The fourth-order valence-corrected chi connectivity index (χ4v) is 3.95. The Bertz CT molecular complexity index is 1130. The second-order valence-electron chi connectivity index (χ2n) is 8.35. The van der Waals surface area contributed by atoms with Crippen molar-refractivity contribution in [2.75, 3.05) is 24.8 Å². The monoisotopic (exact) mass is 446 g/mol. The van der Waals surface area contributed by atoms with Crippen LogP contribution < -0.4 is 24.4 Å². The summed E-state index contributed by atoms with van der Waals surface area (Å²) in [4.78, 5) is 23.7. The van der Waals surface area contributed by atoms with Crippen molar-refractivity contribution >= 4 is 11.7 Å². The highest BCUT2D eigenvalue weighted by Crippen LogP contribution is 2.33. The second-order valence-corrected chi connectivity index (χ2v) is 8.35. The van der Waals surface area contributed by atoms with Gasteiger partial charge in [0.25, 0.3) is 11.8 Å². The van der Waals surface area contributed by atoms with Gasteiger partial charge in [0.15, 0.2) is 17.3 Å². The normalized spacial score (nSPS) is 15.4. The van der Waals surface area contributed by atoms with Crippen LogP contribution in [0.5, 0.6) is 23.1 Å². The van der Waals surface area contributed by atoms with Crippen molar-refractivity contribution in [3.63, 3.8) is 0 Å². The molecule has 0 saturated carbocycles. The molecule has 3 aromatic rings. The molecule has 8 heteroatoms. The van der Waals surface area contributed by atoms with E-state index in [-0.39, 0.29) is 12.7 Å². The predicted molar refractivity (Wildman–Crippen MR) is 123 cm³/mol. The Morgan fingerprint density at radius 3 is 2.64 bits per heavy atom. The summed E-state index contributed by atoms with van der Waals surface area (Å²) >= 11 is 0. The van der Waals surface area contributed by atoms with E-state index in [0.717, 1.165) is 49.0 Å². The third-order valence-corrected chi connectivity index (χ3v) is 5.95. The molecule has 0 aliphatic carbocycles. The van der Waals surface area contributed by atoms with E-state index < -0.39 is 0 Å². The van der Waals surface area contributed by atoms with E-state index >= 15 is 0 Å². The van der Waals surface area contributed by atoms with Gasteiger partial charge < -0.3 is 24.4 Å². The van der Waals surface area contributed by atoms with Crippen molar-refractivity contribution < 1.29 is 19.0 Å². The van der Waals surface area contributed by atoms with Crippen LogP contribution in [0.4, 0.5) is 5.82 Å². The van der Waals surface area contributed by atoms with Crippen molar-refractivity contribution in [3.8, 4) is 23.1 Å². The number of hydrogen-bond donors (Lipinski definition) is 1. The highest BCUT2D eigenvalue weighted by Gasteiger charge is 2.21. The van der Waals surface area contributed by atoms with Crippen LogP contribution >= 0.6 is 0 Å². The van der Waals surface area contributed by atoms with Gasteiger partial charge in [0.05, 0.1) is 0 Å². The molecule has 2 aromatic carbocycles. The van der Waals surface area contributed by atoms with E-state index in [4.69, 9.17) is 14.2 Å². The number of carbonyl (C=O) groups is 1. The largest absolute Gasteiger partial charge is 0.454 e. The van der Waals surface area contributed by atoms with Gasteiger partial charge in [-0.15, -0.1) is 0 Å². The Kier molecular flexibility index (Phi) is 5.97. The maximum absolute atomic E-state index is 12.6. The molecule has 0 unspecified atom stereocenters. The van der Waals surface area contributed by atoms with Crippen molar-refractivity contribution in [2.45, 2.75) is 26.3 Å². The van der Waals surface area contributed by atoms with E-state index in [1.54, 1.807) is 36.7 Å². The maximum Gasteiger partial charge on any atom is 0.263 e. The molecule has 33 heavy (non-hydrogen) atoms. The first-order valence-electron chi connectivity index (χ1n) is 11.2. The lowest BCUT2D eigenvalue weighted by Gasteiger charge is -2.31. The first kappa shape index (κ1) is 21.1. The predicted octanol–water partition coefficient (Wildman–Crippen LogP) is 4.16. The summed E-state index contributed by atoms with van der Waals surface area (Å²) in [5.74, 6) is 3.83. The van der Waals surface area contributed by atoms with Crippen LogP contribution in [-0.2, 0) is 6.54 Å². The van der Waals surface area contributed by atoms with Gasteiger partial charge in [-0.3, -0.25) is 4.79 Å². The molecule has 2 aliphatic rings. The van der Waals surface area contributed by atoms with Crippen molar-refractivity contribution in [2.24, 2.45) is 5.92 Å². The lowest BCUT2D eigenvalue weighted by Crippen LogP contribution is -2.33. The fraction of sp³-hybridized carbons (Fsp3) is 0.320. The molecule has 5 rings (SSSR count). The smallest absolute Gasteiger partial charge is 0.263 e. The number of carbonyl (C=O) groups excluding carboxylic acids is 1. The Balaban J connectivity index is 1.21. The highest BCUT2D eigenvalue weighted by molar-refractivity contribution is 5.94. The minimum absolute atomic E-state index is 0.165. The third-order valence-electron chi connectivity index (χ3n) is 5.95. The van der Waals surface area contributed by atoms with E-state index in [0.29, 0.717) is 29.5 Å². The molecule has 8 nitrogen and oxygen atoms in total. The van der Waals surface area contributed by atoms with Gasteiger partial charge in [-0.25, -0.2) is 9.97 Å². The van der Waals surface area contributed by atoms with E-state index in [1.165, 1.54) is 0 Å². The lowest BCUT2D eigenvalue weighted by molar-refractivity contribution is 0.0951. The van der Waals surface area contributed by atoms with Crippen LogP contribution in [0, 0.1) is 5.92 Å². The number of benzene rings is 2. The minimum Gasteiger partial charge on any atom is -0.454 e. The van der Waals surface area contributed by atoms with Crippen LogP contribution in [0.15, 0.2) is 54.9 Å². The zero-order chi connectivity index (χ0) is 22.6. The summed E-state index contributed by atoms with van der Waals surface area (Å²) in [7, 11) is 0. The number of piperidine rings is 1. The van der Waals surface area contributed by atoms with Gasteiger partial charge in [-0.1, -0.05) is 13.0 Å². The lowest BCUT2D eigenvalue weighted by atomic mass is 9.99. The standard InChI is InChI=1S/C25H26N4O4/c1-17-8-12-29(13-9-17)23-25(27-11-10-26-23)33-20-5-3-19(4-6-20)24(30)28-15-18-2-7-21-22(14-18)32-16-31-21/h2-7,10-11,14,17H,8-9,12-13,15-16H2,1H3,(H,28,30). The number of rotatable bonds is 6. The molecular formula is C25H26N4O4. The Morgan fingerprint density at radius 2 is 1.82 bits per heavy atom. The molecule has 0 spiro atoms. The SMILES string of the molecule is CC1CCN(c2nccnc2Oc2ccc(C(=O)NCc3ccc4c(c3)OCO4)cc2)CC1. The van der Waals surface area contributed by atoms with Crippen LogP contribution in [0.1, 0.15) is 35.7 Å². The van der Waals surface area contributed by atoms with Gasteiger partial charge >= 0.3 is 0 Å². The summed E-state index contributed by atoms with van der Waals surface area (Å²) in [6.45, 7) is 4.79. The van der Waals surface area contributed by atoms with Crippen molar-refractivity contribution in [1.29, 1.82) is 0 Å². The topological polar surface area (TPSA) is 85.8 Å². The van der Waals surface area contributed by atoms with Crippen LogP contribution in [0.2, 0.25) is 0 Å². The number of ether oxygens (including phenoxy) is 3. The van der Waals surface area contributed by atoms with Gasteiger partial charge in [0, 0.05) is 37.6 Å². The molecule has 0 radical (unpaired) electrons. The zero-order valence-corrected chi connectivity index (χ0v) is 18.5. The number of fused-ring (bicyclic) bond motifs is 1. The summed E-state index contributed by atoms with van der Waals surface area (Å²) in [6.07, 6.45) is 5.58. The summed E-state index contributed by atoms with van der Waals surface area (Å²) < 4.78 is 16.7. The minimum atomic E-state index is -0.165.